The fourth-order valence-electron chi connectivity index (χ4n) is 6.53. The molecular weight excluding hydrogens is 627 g/mol. The lowest BCUT2D eigenvalue weighted by atomic mass is 9.76. The Morgan fingerprint density at radius 2 is 1.50 bits per heavy atom. The Kier molecular flexibility index (Phi) is 12.3. The van der Waals surface area contributed by atoms with Gasteiger partial charge in [0.05, 0.1) is 17.0 Å². The second-order valence-electron chi connectivity index (χ2n) is 14.9. The number of nitrogens with two attached hydrogens (primary N) is 1. The molecule has 0 fully saturated rings. The maximum absolute atomic E-state index is 14.2. The van der Waals surface area contributed by atoms with Crippen LogP contribution in [0.3, 0.4) is 0 Å². The first-order valence-corrected chi connectivity index (χ1v) is 18.2. The quantitative estimate of drug-likeness (QED) is 0.191. The van der Waals surface area contributed by atoms with Gasteiger partial charge >= 0.3 is 0 Å². The minimum atomic E-state index is -4.17. The summed E-state index contributed by atoms with van der Waals surface area (Å²) in [7, 11) is -0.808. The molecule has 0 aliphatic heterocycles. The summed E-state index contributed by atoms with van der Waals surface area (Å²) in [6.07, 6.45) is 4.66. The zero-order valence-corrected chi connectivity index (χ0v) is 31.0. The number of nitrogens with one attached hydrogen (secondary N) is 3. The second kappa shape index (κ2) is 15.2. The van der Waals surface area contributed by atoms with Gasteiger partial charge in [0.25, 0.3) is 15.9 Å². The summed E-state index contributed by atoms with van der Waals surface area (Å²) >= 11 is 0. The predicted octanol–water partition coefficient (Wildman–Crippen LogP) is 4.48. The third kappa shape index (κ3) is 8.66. The van der Waals surface area contributed by atoms with Crippen molar-refractivity contribution in [3.63, 3.8) is 0 Å². The zero-order chi connectivity index (χ0) is 36.2. The summed E-state index contributed by atoms with van der Waals surface area (Å²) in [4.78, 5) is 42.9. The van der Waals surface area contributed by atoms with Gasteiger partial charge in [0.1, 0.15) is 6.04 Å². The Morgan fingerprint density at radius 3 is 2.04 bits per heavy atom. The molecule has 0 saturated heterocycles. The lowest BCUT2D eigenvalue weighted by Crippen LogP contribution is -2.61. The SMILES string of the molecule is CN[C@H](C(=O)NC(C(=O)N(C)[C@H](/C=C(\C)C(=O)NS(=O)(=O)c1ccc(N)c2c1CCCC2)C(C)C)C(C)(C)C)C(C)(C)c1ccccc1. The average molecular weight is 682 g/mol. The van der Waals surface area contributed by atoms with Crippen molar-refractivity contribution < 1.29 is 22.8 Å². The largest absolute Gasteiger partial charge is 0.398 e. The minimum Gasteiger partial charge on any atom is -0.398 e. The molecule has 11 heteroatoms. The van der Waals surface area contributed by atoms with Gasteiger partial charge in [0, 0.05) is 23.7 Å². The highest BCUT2D eigenvalue weighted by Crippen LogP contribution is 2.32. The Balaban J connectivity index is 1.85. The minimum absolute atomic E-state index is 0.0688. The van der Waals surface area contributed by atoms with Crippen LogP contribution < -0.4 is 21.1 Å². The first-order chi connectivity index (χ1) is 22.2. The molecule has 3 rings (SSSR count). The standard InChI is InChI=1S/C37H55N5O5S/c1-23(2)29(22-24(3)33(43)41-48(46,47)30-21-20-28(38)26-18-14-15-19-27(26)30)42(10)35(45)32(36(4,5)6)40-34(44)31(39-9)37(7,8)25-16-12-11-13-17-25/h11-13,16-17,20-23,29,31-32,39H,14-15,18-19,38H2,1-10H3,(H,40,44)(H,41,43)/b24-22+/t29-,31-,32?/m1/s1. The number of likely N-dealkylation sites (N-methyl/N-ethyl adjacent to an activating group) is 2. The van der Waals surface area contributed by atoms with Crippen LogP contribution in [0.25, 0.3) is 0 Å². The first-order valence-electron chi connectivity index (χ1n) is 16.7. The number of hydrogen-bond acceptors (Lipinski definition) is 7. The molecule has 1 aliphatic rings. The van der Waals surface area contributed by atoms with E-state index in [0.717, 1.165) is 24.0 Å². The van der Waals surface area contributed by atoms with Crippen molar-refractivity contribution in [2.75, 3.05) is 19.8 Å². The third-order valence-corrected chi connectivity index (χ3v) is 10.9. The van der Waals surface area contributed by atoms with E-state index in [1.54, 1.807) is 26.2 Å². The average Bonchev–Trinajstić information content (AvgIpc) is 3.01. The van der Waals surface area contributed by atoms with Crippen LogP contribution in [0.4, 0.5) is 5.69 Å². The molecule has 0 saturated carbocycles. The number of carbonyl (C=O) groups excluding carboxylic acids is 3. The predicted molar refractivity (Wildman–Crippen MR) is 192 cm³/mol. The van der Waals surface area contributed by atoms with Crippen LogP contribution in [-0.2, 0) is 42.7 Å². The number of nitrogen functional groups attached to an aromatic ring is 1. The van der Waals surface area contributed by atoms with Crippen LogP contribution in [0.1, 0.15) is 84.9 Å². The van der Waals surface area contributed by atoms with E-state index in [9.17, 15) is 22.8 Å². The van der Waals surface area contributed by atoms with Gasteiger partial charge in [-0.2, -0.15) is 0 Å². The van der Waals surface area contributed by atoms with E-state index in [1.807, 2.05) is 78.8 Å². The maximum Gasteiger partial charge on any atom is 0.264 e. The molecule has 3 atom stereocenters. The fourth-order valence-corrected chi connectivity index (χ4v) is 7.85. The lowest BCUT2D eigenvalue weighted by Gasteiger charge is -2.40. The van der Waals surface area contributed by atoms with Gasteiger partial charge in [-0.15, -0.1) is 0 Å². The summed E-state index contributed by atoms with van der Waals surface area (Å²) < 4.78 is 29.1. The maximum atomic E-state index is 14.2. The number of anilines is 1. The van der Waals surface area contributed by atoms with Gasteiger partial charge in [0.15, 0.2) is 0 Å². The third-order valence-electron chi connectivity index (χ3n) is 9.49. The lowest BCUT2D eigenvalue weighted by molar-refractivity contribution is -0.140. The van der Waals surface area contributed by atoms with E-state index < -0.39 is 44.9 Å². The number of carbonyl (C=O) groups is 3. The van der Waals surface area contributed by atoms with E-state index in [0.29, 0.717) is 24.1 Å². The number of fused-ring (bicyclic) bond motifs is 1. The molecule has 0 heterocycles. The Bertz CT molecular complexity index is 1630. The van der Waals surface area contributed by atoms with Crippen molar-refractivity contribution in [1.29, 1.82) is 0 Å². The topological polar surface area (TPSA) is 151 Å². The molecule has 1 aliphatic carbocycles. The highest BCUT2D eigenvalue weighted by molar-refractivity contribution is 7.90. The van der Waals surface area contributed by atoms with Crippen LogP contribution in [0.2, 0.25) is 0 Å². The van der Waals surface area contributed by atoms with Gasteiger partial charge in [-0.25, -0.2) is 13.1 Å². The van der Waals surface area contributed by atoms with Crippen molar-refractivity contribution in [2.24, 2.45) is 11.3 Å². The second-order valence-corrected chi connectivity index (χ2v) is 16.6. The zero-order valence-electron chi connectivity index (χ0n) is 30.2. The highest BCUT2D eigenvalue weighted by atomic mass is 32.2. The number of sulfonamides is 1. The number of amides is 3. The fraction of sp³-hybridized carbons (Fsp3) is 0.541. The van der Waals surface area contributed by atoms with Crippen LogP contribution >= 0.6 is 0 Å². The summed E-state index contributed by atoms with van der Waals surface area (Å²) in [6, 6.07) is 10.7. The summed E-state index contributed by atoms with van der Waals surface area (Å²) in [6.45, 7) is 15.0. The molecule has 1 unspecified atom stereocenters. The Labute approximate surface area is 287 Å². The van der Waals surface area contributed by atoms with Crippen molar-refractivity contribution in [2.45, 2.75) is 110 Å². The number of nitrogens with zero attached hydrogens (tertiary/aromatic N) is 1. The van der Waals surface area contributed by atoms with Gasteiger partial charge in [0.2, 0.25) is 11.8 Å². The van der Waals surface area contributed by atoms with Gasteiger partial charge in [-0.1, -0.05) is 84.9 Å². The molecule has 0 bridgehead atoms. The van der Waals surface area contributed by atoms with E-state index >= 15 is 0 Å². The van der Waals surface area contributed by atoms with Crippen molar-refractivity contribution in [3.8, 4) is 0 Å². The van der Waals surface area contributed by atoms with Crippen molar-refractivity contribution in [1.82, 2.24) is 20.3 Å². The van der Waals surface area contributed by atoms with Crippen molar-refractivity contribution >= 4 is 33.4 Å². The van der Waals surface area contributed by atoms with Gasteiger partial charge in [-0.05, 0) is 79.8 Å². The molecule has 0 spiro atoms. The molecule has 10 nitrogen and oxygen atoms in total. The Morgan fingerprint density at radius 1 is 0.917 bits per heavy atom. The molecule has 0 radical (unpaired) electrons. The molecule has 264 valence electrons. The summed E-state index contributed by atoms with van der Waals surface area (Å²) in [5.74, 6) is -1.55. The normalized spacial score (nSPS) is 16.0. The van der Waals surface area contributed by atoms with E-state index in [1.165, 1.54) is 17.9 Å². The number of benzene rings is 2. The molecule has 0 aromatic heterocycles. The van der Waals surface area contributed by atoms with Crippen molar-refractivity contribution in [3.05, 3.63) is 70.8 Å². The molecule has 3 amide bonds. The first kappa shape index (κ1) is 38.7. The van der Waals surface area contributed by atoms with E-state index in [-0.39, 0.29) is 28.2 Å². The molecule has 5 N–H and O–H groups in total. The summed E-state index contributed by atoms with van der Waals surface area (Å²) in [5, 5.41) is 6.18. The Hall–Kier alpha value is -3.70. The van der Waals surface area contributed by atoms with Crippen LogP contribution in [0.5, 0.6) is 0 Å². The van der Waals surface area contributed by atoms with E-state index in [4.69, 9.17) is 5.73 Å². The van der Waals surface area contributed by atoms with E-state index in [2.05, 4.69) is 15.4 Å². The van der Waals surface area contributed by atoms with Crippen LogP contribution in [0, 0.1) is 11.3 Å². The molecular formula is C37H55N5O5S. The monoisotopic (exact) mass is 681 g/mol. The molecule has 48 heavy (non-hydrogen) atoms. The number of rotatable bonds is 12. The van der Waals surface area contributed by atoms with Gasteiger partial charge < -0.3 is 21.3 Å². The van der Waals surface area contributed by atoms with Crippen LogP contribution in [-0.4, -0.2) is 63.3 Å². The molecule has 2 aromatic carbocycles. The summed E-state index contributed by atoms with van der Waals surface area (Å²) in [5.41, 5.74) is 8.07. The highest BCUT2D eigenvalue weighted by Gasteiger charge is 2.41. The van der Waals surface area contributed by atoms with Gasteiger partial charge in [-0.3, -0.25) is 14.4 Å². The smallest absolute Gasteiger partial charge is 0.264 e. The number of hydrogen-bond donors (Lipinski definition) is 4. The van der Waals surface area contributed by atoms with Crippen LogP contribution in [0.15, 0.2) is 59.0 Å². The molecule has 2 aromatic rings.